The third kappa shape index (κ3) is 2.82. The standard InChI is InChI=1S/C7H15NO2/c1-5-10-7(9)6(2)8(3)4/h6H,5H2,1-4H3. The number of likely N-dealkylation sites (N-methyl/N-ethyl adjacent to an activating group) is 1. The smallest absolute Gasteiger partial charge is 0.323 e. The molecule has 0 saturated carbocycles. The lowest BCUT2D eigenvalue weighted by molar-refractivity contribution is -0.147. The second-order valence-electron chi connectivity index (χ2n) is 2.39. The van der Waals surface area contributed by atoms with Crippen LogP contribution in [0.25, 0.3) is 0 Å². The van der Waals surface area contributed by atoms with Gasteiger partial charge in [-0.25, -0.2) is 0 Å². The van der Waals surface area contributed by atoms with Crippen molar-refractivity contribution in [2.75, 3.05) is 20.7 Å². The maximum Gasteiger partial charge on any atom is 0.323 e. The van der Waals surface area contributed by atoms with Crippen LogP contribution in [-0.2, 0) is 9.53 Å². The van der Waals surface area contributed by atoms with Crippen molar-refractivity contribution >= 4 is 5.97 Å². The maximum absolute atomic E-state index is 10.9. The molecule has 0 N–H and O–H groups in total. The Morgan fingerprint density at radius 2 is 2.10 bits per heavy atom. The zero-order valence-electron chi connectivity index (χ0n) is 7.05. The summed E-state index contributed by atoms with van der Waals surface area (Å²) in [7, 11) is 3.70. The van der Waals surface area contributed by atoms with Crippen LogP contribution in [-0.4, -0.2) is 37.6 Å². The van der Waals surface area contributed by atoms with Crippen LogP contribution >= 0.6 is 0 Å². The molecule has 0 amide bonds. The Hall–Kier alpha value is -0.570. The molecule has 0 aromatic carbocycles. The molecule has 0 radical (unpaired) electrons. The van der Waals surface area contributed by atoms with E-state index < -0.39 is 0 Å². The van der Waals surface area contributed by atoms with Crippen LogP contribution in [0, 0.1) is 0 Å². The van der Waals surface area contributed by atoms with E-state index in [1.165, 1.54) is 0 Å². The van der Waals surface area contributed by atoms with E-state index in [4.69, 9.17) is 4.74 Å². The summed E-state index contributed by atoms with van der Waals surface area (Å²) in [4.78, 5) is 12.7. The summed E-state index contributed by atoms with van der Waals surface area (Å²) in [6.07, 6.45) is 0. The van der Waals surface area contributed by atoms with E-state index in [9.17, 15) is 4.79 Å². The molecule has 60 valence electrons. The summed E-state index contributed by atoms with van der Waals surface area (Å²) >= 11 is 0. The molecule has 0 rings (SSSR count). The van der Waals surface area contributed by atoms with Gasteiger partial charge in [-0.1, -0.05) is 0 Å². The zero-order chi connectivity index (χ0) is 8.15. The maximum atomic E-state index is 10.9. The normalized spacial score (nSPS) is 13.3. The van der Waals surface area contributed by atoms with Gasteiger partial charge in [-0.15, -0.1) is 0 Å². The second kappa shape index (κ2) is 4.28. The van der Waals surface area contributed by atoms with Crippen molar-refractivity contribution in [2.24, 2.45) is 0 Å². The van der Waals surface area contributed by atoms with Crippen LogP contribution in [0.5, 0.6) is 0 Å². The van der Waals surface area contributed by atoms with E-state index >= 15 is 0 Å². The van der Waals surface area contributed by atoms with E-state index in [2.05, 4.69) is 0 Å². The highest BCUT2D eigenvalue weighted by Gasteiger charge is 2.14. The summed E-state index contributed by atoms with van der Waals surface area (Å²) in [5.41, 5.74) is 0. The summed E-state index contributed by atoms with van der Waals surface area (Å²) in [5.74, 6) is -0.160. The SMILES string of the molecule is CCOC(=O)C(C)N(C)C. The van der Waals surface area contributed by atoms with Gasteiger partial charge in [0.05, 0.1) is 6.61 Å². The number of hydrogen-bond donors (Lipinski definition) is 0. The average Bonchev–Trinajstić information content (AvgIpc) is 1.87. The molecule has 3 heteroatoms. The minimum atomic E-state index is -0.160. The Bertz CT molecular complexity index is 112. The predicted molar refractivity (Wildman–Crippen MR) is 39.8 cm³/mol. The van der Waals surface area contributed by atoms with Crippen molar-refractivity contribution in [1.82, 2.24) is 4.90 Å². The summed E-state index contributed by atoms with van der Waals surface area (Å²) in [6, 6.07) is -0.139. The molecule has 0 aliphatic carbocycles. The van der Waals surface area contributed by atoms with Crippen LogP contribution in [0.2, 0.25) is 0 Å². The summed E-state index contributed by atoms with van der Waals surface area (Å²) < 4.78 is 4.78. The minimum absolute atomic E-state index is 0.139. The van der Waals surface area contributed by atoms with Crippen LogP contribution in [0.3, 0.4) is 0 Å². The van der Waals surface area contributed by atoms with Crippen molar-refractivity contribution in [1.29, 1.82) is 0 Å². The molecule has 0 heterocycles. The molecule has 0 saturated heterocycles. The van der Waals surface area contributed by atoms with Crippen LogP contribution in [0.1, 0.15) is 13.8 Å². The highest BCUT2D eigenvalue weighted by atomic mass is 16.5. The number of hydrogen-bond acceptors (Lipinski definition) is 3. The fourth-order valence-electron chi connectivity index (χ4n) is 0.474. The summed E-state index contributed by atoms with van der Waals surface area (Å²) in [5, 5.41) is 0. The molecular formula is C7H15NO2. The molecule has 0 aliphatic rings. The first-order valence-electron chi connectivity index (χ1n) is 3.42. The number of nitrogens with zero attached hydrogens (tertiary/aromatic N) is 1. The molecule has 0 aromatic heterocycles. The minimum Gasteiger partial charge on any atom is -0.465 e. The van der Waals surface area contributed by atoms with Crippen molar-refractivity contribution in [3.05, 3.63) is 0 Å². The Morgan fingerprint density at radius 1 is 1.60 bits per heavy atom. The van der Waals surface area contributed by atoms with E-state index in [1.54, 1.807) is 6.92 Å². The van der Waals surface area contributed by atoms with Crippen LogP contribution in [0.4, 0.5) is 0 Å². The number of ether oxygens (including phenoxy) is 1. The number of rotatable bonds is 3. The molecule has 1 atom stereocenters. The molecule has 0 bridgehead atoms. The Morgan fingerprint density at radius 3 is 2.40 bits per heavy atom. The monoisotopic (exact) mass is 145 g/mol. The van der Waals surface area contributed by atoms with Gasteiger partial charge in [-0.05, 0) is 27.9 Å². The Kier molecular flexibility index (Phi) is 4.03. The predicted octanol–water partition coefficient (Wildman–Crippen LogP) is 0.500. The topological polar surface area (TPSA) is 29.5 Å². The van der Waals surface area contributed by atoms with E-state index in [1.807, 2.05) is 25.9 Å². The van der Waals surface area contributed by atoms with Gasteiger partial charge in [-0.2, -0.15) is 0 Å². The third-order valence-corrected chi connectivity index (χ3v) is 1.40. The van der Waals surface area contributed by atoms with Gasteiger partial charge in [0.15, 0.2) is 0 Å². The molecule has 0 fully saturated rings. The molecule has 0 spiro atoms. The van der Waals surface area contributed by atoms with E-state index in [-0.39, 0.29) is 12.0 Å². The van der Waals surface area contributed by atoms with Gasteiger partial charge < -0.3 is 4.74 Å². The lowest BCUT2D eigenvalue weighted by atomic mass is 10.3. The number of esters is 1. The number of carbonyl (C=O) groups excluding carboxylic acids is 1. The molecule has 10 heavy (non-hydrogen) atoms. The van der Waals surface area contributed by atoms with Gasteiger partial charge in [0.1, 0.15) is 6.04 Å². The first kappa shape index (κ1) is 9.43. The fourth-order valence-corrected chi connectivity index (χ4v) is 0.474. The van der Waals surface area contributed by atoms with E-state index in [0.717, 1.165) is 0 Å². The fraction of sp³-hybridized carbons (Fsp3) is 0.857. The van der Waals surface area contributed by atoms with Gasteiger partial charge in [0, 0.05) is 0 Å². The lowest BCUT2D eigenvalue weighted by Crippen LogP contribution is -2.34. The first-order valence-corrected chi connectivity index (χ1v) is 3.42. The van der Waals surface area contributed by atoms with E-state index in [0.29, 0.717) is 6.61 Å². The van der Waals surface area contributed by atoms with Gasteiger partial charge in [-0.3, -0.25) is 9.69 Å². The quantitative estimate of drug-likeness (QED) is 0.542. The molecular weight excluding hydrogens is 130 g/mol. The van der Waals surface area contributed by atoms with Crippen molar-refractivity contribution in [3.8, 4) is 0 Å². The molecule has 0 aromatic rings. The largest absolute Gasteiger partial charge is 0.465 e. The van der Waals surface area contributed by atoms with Crippen molar-refractivity contribution in [3.63, 3.8) is 0 Å². The number of carbonyl (C=O) groups is 1. The third-order valence-electron chi connectivity index (χ3n) is 1.40. The first-order chi connectivity index (χ1) is 4.59. The molecule has 1 unspecified atom stereocenters. The van der Waals surface area contributed by atoms with Crippen molar-refractivity contribution < 1.29 is 9.53 Å². The lowest BCUT2D eigenvalue weighted by Gasteiger charge is -2.17. The van der Waals surface area contributed by atoms with Crippen molar-refractivity contribution in [2.45, 2.75) is 19.9 Å². The van der Waals surface area contributed by atoms with Crippen LogP contribution < -0.4 is 0 Å². The van der Waals surface area contributed by atoms with Gasteiger partial charge in [0.2, 0.25) is 0 Å². The average molecular weight is 145 g/mol. The van der Waals surface area contributed by atoms with Gasteiger partial charge in [0.25, 0.3) is 0 Å². The zero-order valence-corrected chi connectivity index (χ0v) is 7.05. The van der Waals surface area contributed by atoms with Gasteiger partial charge >= 0.3 is 5.97 Å². The second-order valence-corrected chi connectivity index (χ2v) is 2.39. The molecule has 3 nitrogen and oxygen atoms in total. The summed E-state index contributed by atoms with van der Waals surface area (Å²) in [6.45, 7) is 4.08. The highest BCUT2D eigenvalue weighted by Crippen LogP contribution is 1.93. The highest BCUT2D eigenvalue weighted by molar-refractivity contribution is 5.75. The van der Waals surface area contributed by atoms with Crippen LogP contribution in [0.15, 0.2) is 0 Å². The molecule has 0 aliphatic heterocycles. The Labute approximate surface area is 62.0 Å². The Balaban J connectivity index is 3.71.